The Hall–Kier alpha value is -0.346. The molecule has 0 saturated heterocycles. The van der Waals surface area contributed by atoms with Crippen molar-refractivity contribution in [2.45, 2.75) is 20.8 Å². The Balaban J connectivity index is 0.000000845. The molecule has 0 saturated carbocycles. The molecule has 5 heteroatoms. The molecule has 13 heavy (non-hydrogen) atoms. The fourth-order valence-electron chi connectivity index (χ4n) is 1.16. The third-order valence-corrected chi connectivity index (χ3v) is 2.15. The van der Waals surface area contributed by atoms with Gasteiger partial charge >= 0.3 is 0 Å². The minimum atomic E-state index is 0. The second-order valence-electron chi connectivity index (χ2n) is 2.83. The van der Waals surface area contributed by atoms with Crippen LogP contribution in [0.1, 0.15) is 17.0 Å². The van der Waals surface area contributed by atoms with Gasteiger partial charge in [-0.25, -0.2) is 0 Å². The van der Waals surface area contributed by atoms with Gasteiger partial charge in [0.05, 0.1) is 5.78 Å². The van der Waals surface area contributed by atoms with E-state index < -0.39 is 0 Å². The summed E-state index contributed by atoms with van der Waals surface area (Å²) in [7, 11) is 0. The molecule has 0 atom stereocenters. The maximum Gasteiger partial charge on any atom is 0.0905 e. The largest absolute Gasteiger partial charge is 0.397 e. The summed E-state index contributed by atoms with van der Waals surface area (Å²) >= 11 is 0. The SMILES string of the molecule is Cc1nc2n[c-]nn2c(C)c1C.[Y]. The minimum absolute atomic E-state index is 0. The average Bonchev–Trinajstić information content (AvgIpc) is 2.48. The van der Waals surface area contributed by atoms with Crippen molar-refractivity contribution in [3.05, 3.63) is 23.3 Å². The zero-order valence-electron chi connectivity index (χ0n) is 7.87. The fraction of sp³-hybridized carbons (Fsp3) is 0.375. The van der Waals surface area contributed by atoms with E-state index in [1.54, 1.807) is 4.52 Å². The molecule has 0 N–H and O–H groups in total. The maximum absolute atomic E-state index is 4.25. The Morgan fingerprint density at radius 1 is 1.23 bits per heavy atom. The van der Waals surface area contributed by atoms with Gasteiger partial charge in [0.1, 0.15) is 0 Å². The summed E-state index contributed by atoms with van der Waals surface area (Å²) in [5.74, 6) is 0.621. The van der Waals surface area contributed by atoms with Crippen LogP contribution >= 0.6 is 0 Å². The molecule has 0 aliphatic rings. The third-order valence-electron chi connectivity index (χ3n) is 2.15. The summed E-state index contributed by atoms with van der Waals surface area (Å²) in [6.45, 7) is 6.00. The average molecular weight is 250 g/mol. The van der Waals surface area contributed by atoms with Crippen LogP contribution in [-0.4, -0.2) is 19.6 Å². The molecule has 65 valence electrons. The van der Waals surface area contributed by atoms with Gasteiger partial charge in [-0.15, -0.1) is 0 Å². The van der Waals surface area contributed by atoms with Gasteiger partial charge in [-0.2, -0.15) is 0 Å². The monoisotopic (exact) mass is 250 g/mol. The standard InChI is InChI=1S/C8H9N4.Y/c1-5-6(2)11-8-9-4-10-12(8)7(5)3;/h1-3H3;/q-1;. The zero-order chi connectivity index (χ0) is 8.72. The van der Waals surface area contributed by atoms with E-state index >= 15 is 0 Å². The van der Waals surface area contributed by atoms with Crippen LogP contribution in [0.5, 0.6) is 0 Å². The van der Waals surface area contributed by atoms with Crippen LogP contribution in [0.4, 0.5) is 0 Å². The van der Waals surface area contributed by atoms with E-state index in [0.29, 0.717) is 5.78 Å². The van der Waals surface area contributed by atoms with Crippen LogP contribution in [0.15, 0.2) is 0 Å². The Kier molecular flexibility index (Phi) is 3.14. The molecule has 2 heterocycles. The smallest absolute Gasteiger partial charge is 0.0905 e. The number of fused-ring (bicyclic) bond motifs is 1. The van der Waals surface area contributed by atoms with Crippen LogP contribution in [0.2, 0.25) is 0 Å². The zero-order valence-corrected chi connectivity index (χ0v) is 10.7. The molecule has 0 unspecified atom stereocenters. The molecule has 1 radical (unpaired) electrons. The van der Waals surface area contributed by atoms with E-state index in [1.165, 1.54) is 0 Å². The molecule has 0 bridgehead atoms. The molecule has 2 aromatic heterocycles. The number of hydrogen-bond donors (Lipinski definition) is 0. The molecule has 2 rings (SSSR count). The van der Waals surface area contributed by atoms with E-state index in [-0.39, 0.29) is 32.7 Å². The Morgan fingerprint density at radius 3 is 2.62 bits per heavy atom. The van der Waals surface area contributed by atoms with Gasteiger partial charge in [-0.1, -0.05) is 0 Å². The fourth-order valence-corrected chi connectivity index (χ4v) is 1.16. The molecule has 0 fully saturated rings. The molecule has 0 aliphatic carbocycles. The first-order valence-corrected chi connectivity index (χ1v) is 3.77. The molecule has 0 aliphatic heterocycles. The summed E-state index contributed by atoms with van der Waals surface area (Å²) in [5, 5.41) is 3.94. The van der Waals surface area contributed by atoms with E-state index in [1.807, 2.05) is 20.8 Å². The molecular formula is C8H9N4Y-. The van der Waals surface area contributed by atoms with Gasteiger partial charge in [0, 0.05) is 44.1 Å². The molecule has 0 aromatic carbocycles. The Labute approximate surface area is 102 Å². The van der Waals surface area contributed by atoms with Crippen LogP contribution < -0.4 is 0 Å². The summed E-state index contributed by atoms with van der Waals surface area (Å²) in [5.41, 5.74) is 3.23. The maximum atomic E-state index is 4.25. The van der Waals surface area contributed by atoms with E-state index in [9.17, 15) is 0 Å². The number of aromatic nitrogens is 4. The topological polar surface area (TPSA) is 43.1 Å². The number of nitrogens with zero attached hydrogens (tertiary/aromatic N) is 4. The van der Waals surface area contributed by atoms with Crippen molar-refractivity contribution in [3.8, 4) is 0 Å². The van der Waals surface area contributed by atoms with Crippen molar-refractivity contribution in [2.75, 3.05) is 0 Å². The molecule has 4 nitrogen and oxygen atoms in total. The quantitative estimate of drug-likeness (QED) is 0.651. The van der Waals surface area contributed by atoms with Gasteiger partial charge in [0.15, 0.2) is 0 Å². The van der Waals surface area contributed by atoms with Crippen molar-refractivity contribution in [1.82, 2.24) is 19.6 Å². The number of aryl methyl sites for hydroxylation is 2. The van der Waals surface area contributed by atoms with Gasteiger partial charge < -0.3 is 9.97 Å². The Morgan fingerprint density at radius 2 is 1.92 bits per heavy atom. The van der Waals surface area contributed by atoms with E-state index in [0.717, 1.165) is 17.0 Å². The van der Waals surface area contributed by atoms with Crippen molar-refractivity contribution < 1.29 is 32.7 Å². The second-order valence-corrected chi connectivity index (χ2v) is 2.83. The predicted octanol–water partition coefficient (Wildman–Crippen LogP) is 0.847. The third kappa shape index (κ3) is 1.65. The first kappa shape index (κ1) is 10.7. The van der Waals surface area contributed by atoms with Crippen molar-refractivity contribution in [1.29, 1.82) is 0 Å². The summed E-state index contributed by atoms with van der Waals surface area (Å²) < 4.78 is 1.70. The van der Waals surface area contributed by atoms with Gasteiger partial charge in [-0.3, -0.25) is 9.61 Å². The van der Waals surface area contributed by atoms with Crippen molar-refractivity contribution >= 4 is 5.78 Å². The van der Waals surface area contributed by atoms with Crippen LogP contribution in [-0.2, 0) is 32.7 Å². The normalized spacial score (nSPS) is 10.1. The predicted molar refractivity (Wildman–Crippen MR) is 43.8 cm³/mol. The van der Waals surface area contributed by atoms with Crippen LogP contribution in [0.25, 0.3) is 5.78 Å². The van der Waals surface area contributed by atoms with Crippen LogP contribution in [0.3, 0.4) is 0 Å². The van der Waals surface area contributed by atoms with Crippen LogP contribution in [0, 0.1) is 27.1 Å². The minimum Gasteiger partial charge on any atom is -0.397 e. The summed E-state index contributed by atoms with van der Waals surface area (Å²) in [6.07, 6.45) is 2.53. The first-order valence-electron chi connectivity index (χ1n) is 3.77. The van der Waals surface area contributed by atoms with E-state index in [2.05, 4.69) is 21.4 Å². The first-order chi connectivity index (χ1) is 5.70. The van der Waals surface area contributed by atoms with Gasteiger partial charge in [0.25, 0.3) is 0 Å². The molecule has 2 aromatic rings. The van der Waals surface area contributed by atoms with Crippen molar-refractivity contribution in [2.24, 2.45) is 0 Å². The van der Waals surface area contributed by atoms with Gasteiger partial charge in [-0.05, 0) is 32.7 Å². The summed E-state index contributed by atoms with van der Waals surface area (Å²) in [6, 6.07) is 0. The number of rotatable bonds is 0. The molecule has 0 spiro atoms. The summed E-state index contributed by atoms with van der Waals surface area (Å²) in [4.78, 5) is 8.15. The van der Waals surface area contributed by atoms with Gasteiger partial charge in [0.2, 0.25) is 0 Å². The molecular weight excluding hydrogens is 241 g/mol. The van der Waals surface area contributed by atoms with E-state index in [4.69, 9.17) is 0 Å². The van der Waals surface area contributed by atoms with Crippen molar-refractivity contribution in [3.63, 3.8) is 0 Å². The number of hydrogen-bond acceptors (Lipinski definition) is 3. The molecule has 0 amide bonds. The Bertz CT molecular complexity index is 435. The second kappa shape index (κ2) is 3.80.